The minimum Gasteiger partial charge on any atom is -0.478 e. The highest BCUT2D eigenvalue weighted by Gasteiger charge is 2.17. The summed E-state index contributed by atoms with van der Waals surface area (Å²) in [6, 6.07) is 19.5. The first-order valence-corrected chi connectivity index (χ1v) is 12.8. The number of carbonyl (C=O) groups is 2. The van der Waals surface area contributed by atoms with Gasteiger partial charge in [-0.2, -0.15) is 0 Å². The molecule has 168 valence electrons. The third kappa shape index (κ3) is 5.57. The van der Waals surface area contributed by atoms with E-state index in [0.717, 1.165) is 26.2 Å². The van der Waals surface area contributed by atoms with Gasteiger partial charge in [0.05, 0.1) is 20.7 Å². The average molecular weight is 500 g/mol. The number of carboxylic acid groups (broad SMARTS) is 1. The molecule has 0 bridgehead atoms. The van der Waals surface area contributed by atoms with E-state index in [1.807, 2.05) is 29.1 Å². The van der Waals surface area contributed by atoms with Crippen molar-refractivity contribution in [1.82, 2.24) is 15.2 Å². The predicted octanol–water partition coefficient (Wildman–Crippen LogP) is 3.91. The molecule has 0 saturated carbocycles. The lowest BCUT2D eigenvalue weighted by molar-refractivity contribution is 0.0696. The van der Waals surface area contributed by atoms with E-state index in [9.17, 15) is 18.0 Å². The predicted molar refractivity (Wildman–Crippen MR) is 127 cm³/mol. The number of rotatable bonds is 8. The Morgan fingerprint density at radius 2 is 1.73 bits per heavy atom. The fraction of sp³-hybridized carbons (Fsp3) is 0.0455. The van der Waals surface area contributed by atoms with Gasteiger partial charge in [-0.15, -0.1) is 16.2 Å². The Kier molecular flexibility index (Phi) is 6.75. The van der Waals surface area contributed by atoms with Gasteiger partial charge in [-0.1, -0.05) is 42.1 Å². The summed E-state index contributed by atoms with van der Waals surface area (Å²) < 4.78 is 26.8. The number of nitrogens with one attached hydrogen (secondary N) is 2. The van der Waals surface area contributed by atoms with E-state index in [2.05, 4.69) is 10.4 Å². The maximum atomic E-state index is 12.4. The van der Waals surface area contributed by atoms with Crippen LogP contribution in [0, 0.1) is 0 Å². The molecule has 8 nitrogen and oxygen atoms in total. The van der Waals surface area contributed by atoms with Crippen LogP contribution in [0.15, 0.2) is 82.0 Å². The normalized spacial score (nSPS) is 11.4. The quantitative estimate of drug-likeness (QED) is 0.248. The van der Waals surface area contributed by atoms with Crippen LogP contribution in [0.5, 0.6) is 0 Å². The smallest absolute Gasteiger partial charge is 0.335 e. The molecule has 4 aromatic rings. The van der Waals surface area contributed by atoms with E-state index in [1.165, 1.54) is 18.2 Å². The molecule has 11 heteroatoms. The van der Waals surface area contributed by atoms with Gasteiger partial charge >= 0.3 is 5.97 Å². The fourth-order valence-corrected chi connectivity index (χ4v) is 5.76. The molecule has 1 amide bonds. The molecule has 0 aliphatic heterocycles. The Labute approximate surface area is 197 Å². The zero-order valence-corrected chi connectivity index (χ0v) is 19.3. The number of fused-ring (bicyclic) bond motifs is 1. The first kappa shape index (κ1) is 22.9. The number of aromatic carboxylic acids is 1. The van der Waals surface area contributed by atoms with Crippen LogP contribution in [-0.4, -0.2) is 30.4 Å². The summed E-state index contributed by atoms with van der Waals surface area (Å²) in [4.78, 5) is 29.7. The van der Waals surface area contributed by atoms with E-state index >= 15 is 0 Å². The van der Waals surface area contributed by atoms with Gasteiger partial charge in [-0.3, -0.25) is 10.2 Å². The van der Waals surface area contributed by atoms with Crippen LogP contribution < -0.4 is 10.3 Å². The van der Waals surface area contributed by atoms with Gasteiger partial charge < -0.3 is 5.11 Å². The molecule has 0 aliphatic carbocycles. The fourth-order valence-electron chi connectivity index (χ4n) is 2.85. The van der Waals surface area contributed by atoms with Crippen LogP contribution in [0.2, 0.25) is 0 Å². The number of thioether (sulfide) groups is 1. The number of aromatic nitrogens is 1. The molecule has 0 spiro atoms. The SMILES string of the molecule is O=C(O)c1cccc(S(=O)(=O)NNC(=O)c2ccc(CSc3nc4ccccc4s3)cc2)c1. The molecule has 1 heterocycles. The Morgan fingerprint density at radius 3 is 2.45 bits per heavy atom. The van der Waals surface area contributed by atoms with Crippen LogP contribution >= 0.6 is 23.1 Å². The second-order valence-corrected chi connectivity index (χ2v) is 10.8. The van der Waals surface area contributed by atoms with Gasteiger partial charge in [0.25, 0.3) is 15.9 Å². The van der Waals surface area contributed by atoms with Crippen LogP contribution in [-0.2, 0) is 15.8 Å². The standard InChI is InChI=1S/C22H17N3O5S3/c26-20(24-25-33(29,30)17-5-3-4-16(12-17)21(27)28)15-10-8-14(9-11-15)13-31-22-23-18-6-1-2-7-19(18)32-22/h1-12,25H,13H2,(H,24,26)(H,27,28). The highest BCUT2D eigenvalue weighted by atomic mass is 32.2. The summed E-state index contributed by atoms with van der Waals surface area (Å²) in [5, 5.41) is 9.01. The first-order chi connectivity index (χ1) is 15.8. The van der Waals surface area contributed by atoms with Crippen LogP contribution in [0.3, 0.4) is 0 Å². The summed E-state index contributed by atoms with van der Waals surface area (Å²) in [5.41, 5.74) is 4.19. The van der Waals surface area contributed by atoms with Gasteiger partial charge in [-0.25, -0.2) is 18.2 Å². The zero-order chi connectivity index (χ0) is 23.4. The van der Waals surface area contributed by atoms with Crippen molar-refractivity contribution in [3.05, 3.63) is 89.5 Å². The molecular formula is C22H17N3O5S3. The number of carboxylic acids is 1. The molecule has 4 rings (SSSR count). The summed E-state index contributed by atoms with van der Waals surface area (Å²) in [7, 11) is -4.13. The van der Waals surface area contributed by atoms with E-state index in [4.69, 9.17) is 5.11 Å². The van der Waals surface area contributed by atoms with E-state index in [1.54, 1.807) is 47.4 Å². The Bertz CT molecular complexity index is 1400. The van der Waals surface area contributed by atoms with E-state index in [-0.39, 0.29) is 16.0 Å². The maximum absolute atomic E-state index is 12.4. The van der Waals surface area contributed by atoms with Gasteiger partial charge in [0.1, 0.15) is 0 Å². The van der Waals surface area contributed by atoms with Gasteiger partial charge in [0, 0.05) is 11.3 Å². The third-order valence-corrected chi connectivity index (χ3v) is 8.04. The van der Waals surface area contributed by atoms with E-state index < -0.39 is 21.9 Å². The Balaban J connectivity index is 1.35. The largest absolute Gasteiger partial charge is 0.478 e. The summed E-state index contributed by atoms with van der Waals surface area (Å²) in [5.74, 6) is -1.22. The molecule has 0 saturated heterocycles. The lowest BCUT2D eigenvalue weighted by Gasteiger charge is -2.09. The molecule has 0 unspecified atom stereocenters. The molecule has 1 aromatic heterocycles. The van der Waals surface area contributed by atoms with Crippen molar-refractivity contribution in [3.63, 3.8) is 0 Å². The lowest BCUT2D eigenvalue weighted by Crippen LogP contribution is -2.41. The van der Waals surface area contributed by atoms with Crippen molar-refractivity contribution >= 4 is 55.2 Å². The lowest BCUT2D eigenvalue weighted by atomic mass is 10.1. The first-order valence-electron chi connectivity index (χ1n) is 9.55. The number of amides is 1. The van der Waals surface area contributed by atoms with Crippen molar-refractivity contribution < 1.29 is 23.1 Å². The number of thiazole rings is 1. The number of nitrogens with zero attached hydrogens (tertiary/aromatic N) is 1. The van der Waals surface area contributed by atoms with Crippen molar-refractivity contribution in [2.45, 2.75) is 15.0 Å². The highest BCUT2D eigenvalue weighted by molar-refractivity contribution is 8.00. The Morgan fingerprint density at radius 1 is 0.970 bits per heavy atom. The average Bonchev–Trinajstić information content (AvgIpc) is 3.25. The molecule has 3 aromatic carbocycles. The van der Waals surface area contributed by atoms with Crippen LogP contribution in [0.25, 0.3) is 10.2 Å². The number of hydrazine groups is 1. The molecule has 33 heavy (non-hydrogen) atoms. The van der Waals surface area contributed by atoms with Gasteiger partial charge in [0.15, 0.2) is 4.34 Å². The molecule has 0 aliphatic rings. The van der Waals surface area contributed by atoms with Crippen molar-refractivity contribution in [1.29, 1.82) is 0 Å². The maximum Gasteiger partial charge on any atom is 0.335 e. The molecule has 3 N–H and O–H groups in total. The number of para-hydroxylation sites is 1. The second kappa shape index (κ2) is 9.71. The third-order valence-electron chi connectivity index (χ3n) is 4.54. The molecule has 0 radical (unpaired) electrons. The number of sulfonamides is 1. The summed E-state index contributed by atoms with van der Waals surface area (Å²) in [6.07, 6.45) is 0. The van der Waals surface area contributed by atoms with Crippen molar-refractivity contribution in [2.24, 2.45) is 0 Å². The second-order valence-electron chi connectivity index (χ2n) is 6.83. The van der Waals surface area contributed by atoms with Gasteiger partial charge in [0.2, 0.25) is 0 Å². The van der Waals surface area contributed by atoms with Crippen molar-refractivity contribution in [3.8, 4) is 0 Å². The van der Waals surface area contributed by atoms with Crippen LogP contribution in [0.4, 0.5) is 0 Å². The molecule has 0 fully saturated rings. The minimum atomic E-state index is -4.13. The van der Waals surface area contributed by atoms with E-state index in [0.29, 0.717) is 5.75 Å². The summed E-state index contributed by atoms with van der Waals surface area (Å²) >= 11 is 3.23. The Hall–Kier alpha value is -3.25. The monoisotopic (exact) mass is 499 g/mol. The molecule has 0 atom stereocenters. The van der Waals surface area contributed by atoms with Crippen molar-refractivity contribution in [2.75, 3.05) is 0 Å². The number of hydrogen-bond acceptors (Lipinski definition) is 7. The number of hydrogen-bond donors (Lipinski definition) is 3. The molecular weight excluding hydrogens is 482 g/mol. The number of benzene rings is 3. The summed E-state index contributed by atoms with van der Waals surface area (Å²) in [6.45, 7) is 0. The number of carbonyl (C=O) groups excluding carboxylic acids is 1. The minimum absolute atomic E-state index is 0.177. The van der Waals surface area contributed by atoms with Gasteiger partial charge in [-0.05, 0) is 48.0 Å². The highest BCUT2D eigenvalue weighted by Crippen LogP contribution is 2.31. The van der Waals surface area contributed by atoms with Crippen LogP contribution in [0.1, 0.15) is 26.3 Å². The zero-order valence-electron chi connectivity index (χ0n) is 16.9. The topological polar surface area (TPSA) is 125 Å².